The molecule has 5 N–H and O–H groups in total. The molecule has 0 fully saturated rings. The summed E-state index contributed by atoms with van der Waals surface area (Å²) in [7, 11) is 0. The first-order valence-electron chi connectivity index (χ1n) is 4.06. The van der Waals surface area contributed by atoms with Gasteiger partial charge in [0.2, 0.25) is 0 Å². The lowest BCUT2D eigenvalue weighted by Gasteiger charge is -2.15. The van der Waals surface area contributed by atoms with Crippen molar-refractivity contribution in [2.24, 2.45) is 10.2 Å². The molecule has 0 saturated heterocycles. The minimum atomic E-state index is -0.0340. The van der Waals surface area contributed by atoms with Gasteiger partial charge in [-0.1, -0.05) is 0 Å². The van der Waals surface area contributed by atoms with Crippen LogP contribution in [0.5, 0.6) is 0 Å². The quantitative estimate of drug-likeness (QED) is 0.570. The third-order valence-electron chi connectivity index (χ3n) is 1.71. The fourth-order valence-electron chi connectivity index (χ4n) is 1.02. The first kappa shape index (κ1) is 15.0. The zero-order chi connectivity index (χ0) is 8.54. The van der Waals surface area contributed by atoms with Crippen LogP contribution in [0.25, 0.3) is 0 Å². The van der Waals surface area contributed by atoms with Gasteiger partial charge in [0.15, 0.2) is 0 Å². The van der Waals surface area contributed by atoms with E-state index in [0.717, 1.165) is 13.1 Å². The normalized spacial score (nSPS) is 23.7. The Morgan fingerprint density at radius 3 is 1.46 bits per heavy atom. The molecule has 0 aromatic heterocycles. The number of rotatable bonds is 0. The summed E-state index contributed by atoms with van der Waals surface area (Å²) < 4.78 is 0. The van der Waals surface area contributed by atoms with Gasteiger partial charge >= 0.3 is 0 Å². The van der Waals surface area contributed by atoms with Gasteiger partial charge in [-0.15, -0.1) is 0 Å². The average molecular weight is 191 g/mol. The molecule has 13 heavy (non-hydrogen) atoms. The smallest absolute Gasteiger partial charge is 0.0883 e. The Morgan fingerprint density at radius 2 is 1.15 bits per heavy atom. The lowest BCUT2D eigenvalue weighted by atomic mass is 10.1. The molecule has 0 amide bonds. The molecule has 0 aliphatic carbocycles. The van der Waals surface area contributed by atoms with Crippen LogP contribution in [0.4, 0.5) is 0 Å². The third kappa shape index (κ3) is 4.92. The Hall–Kier alpha value is -0.520. The topological polar surface area (TPSA) is 99.8 Å². The van der Waals surface area contributed by atoms with Crippen LogP contribution in [0, 0.1) is 0 Å². The molecule has 1 rings (SSSR count). The molecule has 0 aromatic rings. The van der Waals surface area contributed by atoms with Crippen LogP contribution < -0.4 is 5.32 Å². The lowest BCUT2D eigenvalue weighted by molar-refractivity contribution is 0.471. The predicted octanol–water partition coefficient (Wildman–Crippen LogP) is -0.0504. The van der Waals surface area contributed by atoms with Gasteiger partial charge in [-0.25, -0.2) is 0 Å². The standard InChI is InChI=1S/C8H17N3.2H2O/c1-7(2)5-9-6-8(3,4)11-10-7;;/h9H,5-6H2,1-4H3;2*1H2. The molecule has 1 aliphatic heterocycles. The number of nitrogens with zero attached hydrogens (tertiary/aromatic N) is 2. The summed E-state index contributed by atoms with van der Waals surface area (Å²) in [4.78, 5) is 0. The van der Waals surface area contributed by atoms with E-state index in [-0.39, 0.29) is 22.0 Å². The maximum atomic E-state index is 4.27. The van der Waals surface area contributed by atoms with Crippen LogP contribution in [-0.4, -0.2) is 35.1 Å². The number of nitrogens with one attached hydrogen (secondary N) is 1. The molecule has 0 bridgehead atoms. The molecule has 0 radical (unpaired) electrons. The number of azo groups is 1. The Kier molecular flexibility index (Phi) is 5.35. The van der Waals surface area contributed by atoms with E-state index in [1.165, 1.54) is 0 Å². The van der Waals surface area contributed by atoms with Crippen LogP contribution in [0.15, 0.2) is 10.2 Å². The van der Waals surface area contributed by atoms with Crippen molar-refractivity contribution >= 4 is 0 Å². The Bertz CT molecular complexity index is 160. The van der Waals surface area contributed by atoms with Crippen molar-refractivity contribution in [1.29, 1.82) is 0 Å². The molecular weight excluding hydrogens is 170 g/mol. The van der Waals surface area contributed by atoms with Crippen molar-refractivity contribution < 1.29 is 11.0 Å². The summed E-state index contributed by atoms with van der Waals surface area (Å²) in [5, 5.41) is 11.9. The Balaban J connectivity index is 0. The molecule has 1 aliphatic rings. The van der Waals surface area contributed by atoms with Gasteiger partial charge in [-0.2, -0.15) is 10.2 Å². The van der Waals surface area contributed by atoms with Gasteiger partial charge in [0, 0.05) is 13.1 Å². The molecule has 0 saturated carbocycles. The number of hydrogen-bond donors (Lipinski definition) is 1. The third-order valence-corrected chi connectivity index (χ3v) is 1.71. The molecule has 80 valence electrons. The molecular formula is C8H21N3O2. The Labute approximate surface area is 79.2 Å². The molecule has 0 spiro atoms. The molecule has 5 heteroatoms. The minimum absolute atomic E-state index is 0. The summed E-state index contributed by atoms with van der Waals surface area (Å²) in [5.41, 5.74) is -0.0679. The van der Waals surface area contributed by atoms with Crippen molar-refractivity contribution in [2.75, 3.05) is 13.1 Å². The van der Waals surface area contributed by atoms with Crippen LogP contribution in [0.1, 0.15) is 27.7 Å². The first-order chi connectivity index (χ1) is 4.91. The second-order valence-corrected chi connectivity index (χ2v) is 4.43. The zero-order valence-electron chi connectivity index (χ0n) is 8.81. The largest absolute Gasteiger partial charge is 0.412 e. The van der Waals surface area contributed by atoms with E-state index in [4.69, 9.17) is 0 Å². The summed E-state index contributed by atoms with van der Waals surface area (Å²) in [6, 6.07) is 0. The van der Waals surface area contributed by atoms with Gasteiger partial charge in [0.25, 0.3) is 0 Å². The van der Waals surface area contributed by atoms with Crippen LogP contribution in [0.2, 0.25) is 0 Å². The highest BCUT2D eigenvalue weighted by atomic mass is 16.0. The van der Waals surface area contributed by atoms with E-state index in [0.29, 0.717) is 0 Å². The minimum Gasteiger partial charge on any atom is -0.412 e. The van der Waals surface area contributed by atoms with Gasteiger partial charge in [-0.05, 0) is 27.7 Å². The number of hydrogen-bond acceptors (Lipinski definition) is 3. The highest BCUT2D eigenvalue weighted by molar-refractivity contribution is 4.88. The van der Waals surface area contributed by atoms with E-state index in [1.807, 2.05) is 0 Å². The molecule has 0 atom stereocenters. The average Bonchev–Trinajstić information content (AvgIpc) is 1.92. The summed E-state index contributed by atoms with van der Waals surface area (Å²) in [6.07, 6.45) is 0. The maximum Gasteiger partial charge on any atom is 0.0883 e. The van der Waals surface area contributed by atoms with Crippen LogP contribution >= 0.6 is 0 Å². The van der Waals surface area contributed by atoms with E-state index < -0.39 is 0 Å². The van der Waals surface area contributed by atoms with Crippen molar-refractivity contribution in [3.05, 3.63) is 0 Å². The van der Waals surface area contributed by atoms with Crippen molar-refractivity contribution in [3.63, 3.8) is 0 Å². The Morgan fingerprint density at radius 1 is 0.846 bits per heavy atom. The monoisotopic (exact) mass is 191 g/mol. The molecule has 0 unspecified atom stereocenters. The van der Waals surface area contributed by atoms with Crippen molar-refractivity contribution in [3.8, 4) is 0 Å². The predicted molar refractivity (Wildman–Crippen MR) is 53.1 cm³/mol. The molecule has 0 aromatic carbocycles. The fourth-order valence-corrected chi connectivity index (χ4v) is 1.02. The van der Waals surface area contributed by atoms with Crippen molar-refractivity contribution in [1.82, 2.24) is 5.32 Å². The van der Waals surface area contributed by atoms with Gasteiger partial charge < -0.3 is 16.3 Å². The van der Waals surface area contributed by atoms with E-state index in [1.54, 1.807) is 0 Å². The summed E-state index contributed by atoms with van der Waals surface area (Å²) in [6.45, 7) is 10.2. The SMILES string of the molecule is CC1(C)CNCC(C)(C)N=N1.O.O. The lowest BCUT2D eigenvalue weighted by Crippen LogP contribution is -2.36. The van der Waals surface area contributed by atoms with Crippen LogP contribution in [-0.2, 0) is 0 Å². The highest BCUT2D eigenvalue weighted by Gasteiger charge is 2.25. The second kappa shape index (κ2) is 4.64. The van der Waals surface area contributed by atoms with E-state index >= 15 is 0 Å². The van der Waals surface area contributed by atoms with Crippen LogP contribution in [0.3, 0.4) is 0 Å². The van der Waals surface area contributed by atoms with E-state index in [2.05, 4.69) is 43.2 Å². The molecule has 5 nitrogen and oxygen atoms in total. The summed E-state index contributed by atoms with van der Waals surface area (Å²) in [5.74, 6) is 0. The summed E-state index contributed by atoms with van der Waals surface area (Å²) >= 11 is 0. The van der Waals surface area contributed by atoms with Gasteiger partial charge in [-0.3, -0.25) is 0 Å². The second-order valence-electron chi connectivity index (χ2n) is 4.43. The zero-order valence-corrected chi connectivity index (χ0v) is 8.81. The van der Waals surface area contributed by atoms with E-state index in [9.17, 15) is 0 Å². The maximum absolute atomic E-state index is 4.27. The van der Waals surface area contributed by atoms with Gasteiger partial charge in [0.05, 0.1) is 11.1 Å². The van der Waals surface area contributed by atoms with Gasteiger partial charge in [0.1, 0.15) is 0 Å². The van der Waals surface area contributed by atoms with Crippen molar-refractivity contribution in [2.45, 2.75) is 38.8 Å². The highest BCUT2D eigenvalue weighted by Crippen LogP contribution is 2.17. The fraction of sp³-hybridized carbons (Fsp3) is 1.00. The first-order valence-corrected chi connectivity index (χ1v) is 4.06. The molecule has 1 heterocycles.